The highest BCUT2D eigenvalue weighted by Gasteiger charge is 2.47. The van der Waals surface area contributed by atoms with E-state index in [1.165, 1.54) is 0 Å². The van der Waals surface area contributed by atoms with Crippen molar-refractivity contribution in [2.24, 2.45) is 5.92 Å². The first kappa shape index (κ1) is 29.0. The third-order valence-corrected chi connectivity index (χ3v) is 7.43. The lowest BCUT2D eigenvalue weighted by atomic mass is 9.95. The number of aliphatic hydroxyl groups is 1. The zero-order valence-electron chi connectivity index (χ0n) is 23.3. The zero-order chi connectivity index (χ0) is 27.7. The number of alkyl carbamates (subject to hydrolysis) is 1. The number of amides is 1. The van der Waals surface area contributed by atoms with Crippen molar-refractivity contribution >= 4 is 23.4 Å². The average Bonchev–Trinajstić information content (AvgIpc) is 3.38. The van der Waals surface area contributed by atoms with E-state index in [9.17, 15) is 9.90 Å². The Labute approximate surface area is 228 Å². The summed E-state index contributed by atoms with van der Waals surface area (Å²) in [5.41, 5.74) is 1.19. The summed E-state index contributed by atoms with van der Waals surface area (Å²) in [7, 11) is 0. The maximum atomic E-state index is 12.2. The number of carbonyl (C=O) groups is 1. The summed E-state index contributed by atoms with van der Waals surface area (Å²) in [6, 6.07) is 3.96. The van der Waals surface area contributed by atoms with Gasteiger partial charge in [-0.15, -0.1) is 11.8 Å². The molecular weight excluding hydrogens is 510 g/mol. The van der Waals surface area contributed by atoms with E-state index in [4.69, 9.17) is 18.9 Å². The normalized spacial score (nSPS) is 27.1. The Bertz CT molecular complexity index is 1100. The van der Waals surface area contributed by atoms with Crippen LogP contribution in [-0.4, -0.2) is 99.4 Å². The van der Waals surface area contributed by atoms with Crippen LogP contribution in [0.5, 0.6) is 0 Å². The summed E-state index contributed by atoms with van der Waals surface area (Å²) in [5, 5.41) is 18.8. The lowest BCUT2D eigenvalue weighted by molar-refractivity contribution is -0.221. The highest BCUT2D eigenvalue weighted by molar-refractivity contribution is 7.98. The van der Waals surface area contributed by atoms with Gasteiger partial charge in [0, 0.05) is 25.6 Å². The molecule has 0 bridgehead atoms. The second-order valence-electron chi connectivity index (χ2n) is 11.4. The number of aromatic nitrogens is 3. The van der Waals surface area contributed by atoms with Crippen LogP contribution < -0.4 is 5.32 Å². The van der Waals surface area contributed by atoms with E-state index in [-0.39, 0.29) is 18.1 Å². The maximum absolute atomic E-state index is 12.2. The van der Waals surface area contributed by atoms with E-state index in [1.54, 1.807) is 31.9 Å². The fourth-order valence-corrected chi connectivity index (χ4v) is 5.51. The van der Waals surface area contributed by atoms with Gasteiger partial charge in [0.1, 0.15) is 23.1 Å². The highest BCUT2D eigenvalue weighted by Crippen LogP contribution is 2.42. The molecular formula is C26H41N5O6S. The molecule has 11 nitrogen and oxygen atoms in total. The molecule has 1 amide bonds. The van der Waals surface area contributed by atoms with Crippen LogP contribution in [0, 0.1) is 5.92 Å². The highest BCUT2D eigenvalue weighted by atomic mass is 32.2. The van der Waals surface area contributed by atoms with Crippen LogP contribution in [0.25, 0.3) is 5.52 Å². The molecule has 38 heavy (non-hydrogen) atoms. The Kier molecular flexibility index (Phi) is 8.90. The molecule has 2 saturated heterocycles. The molecule has 0 radical (unpaired) electrons. The molecule has 5 atom stereocenters. The predicted octanol–water partition coefficient (Wildman–Crippen LogP) is 2.87. The van der Waals surface area contributed by atoms with E-state index in [0.29, 0.717) is 32.8 Å². The minimum absolute atomic E-state index is 0.0224. The Hall–Kier alpha value is -1.96. The monoisotopic (exact) mass is 551 g/mol. The Morgan fingerprint density at radius 1 is 1.29 bits per heavy atom. The Balaban J connectivity index is 1.52. The molecule has 0 aromatic carbocycles. The molecule has 2 aliphatic rings. The zero-order valence-corrected chi connectivity index (χ0v) is 24.2. The van der Waals surface area contributed by atoms with E-state index in [1.807, 2.05) is 43.7 Å². The molecule has 0 saturated carbocycles. The van der Waals surface area contributed by atoms with Crippen LogP contribution in [-0.2, 0) is 18.9 Å². The van der Waals surface area contributed by atoms with Crippen molar-refractivity contribution < 1.29 is 28.8 Å². The number of fused-ring (bicyclic) bond motifs is 1. The lowest BCUT2D eigenvalue weighted by Crippen LogP contribution is -2.54. The first-order valence-electron chi connectivity index (χ1n) is 13.1. The number of hydrogen-bond acceptors (Lipinski definition) is 10. The van der Waals surface area contributed by atoms with Crippen molar-refractivity contribution in [2.75, 3.05) is 39.1 Å². The molecule has 0 spiro atoms. The topological polar surface area (TPSA) is 120 Å². The molecule has 4 rings (SSSR count). The van der Waals surface area contributed by atoms with Crippen molar-refractivity contribution in [3.05, 3.63) is 24.2 Å². The molecule has 0 unspecified atom stereocenters. The molecule has 2 aromatic heterocycles. The van der Waals surface area contributed by atoms with Gasteiger partial charge >= 0.3 is 6.09 Å². The number of nitrogens with zero attached hydrogens (tertiary/aromatic N) is 4. The molecule has 4 heterocycles. The summed E-state index contributed by atoms with van der Waals surface area (Å²) >= 11 is 1.56. The number of ether oxygens (including phenoxy) is 4. The SMILES string of the molecule is CSc1ncnn2c([C@@H]3O[C@H](CN4CCOC[C@H]4CNC(=O)OC(C)(C)C)[C@@H](C)[C@H]3OC(C)(C)O)ccc12. The maximum Gasteiger partial charge on any atom is 0.407 e. The smallest absolute Gasteiger partial charge is 0.407 e. The van der Waals surface area contributed by atoms with Gasteiger partial charge < -0.3 is 29.4 Å². The molecule has 212 valence electrons. The van der Waals surface area contributed by atoms with Crippen molar-refractivity contribution in [1.82, 2.24) is 24.8 Å². The van der Waals surface area contributed by atoms with Gasteiger partial charge in [0.25, 0.3) is 0 Å². The molecule has 2 aliphatic heterocycles. The lowest BCUT2D eigenvalue weighted by Gasteiger charge is -2.37. The largest absolute Gasteiger partial charge is 0.444 e. The van der Waals surface area contributed by atoms with Gasteiger partial charge in [-0.3, -0.25) is 4.90 Å². The quantitative estimate of drug-likeness (QED) is 0.374. The number of thioether (sulfide) groups is 1. The molecule has 2 fully saturated rings. The summed E-state index contributed by atoms with van der Waals surface area (Å²) in [5.74, 6) is -1.36. The fraction of sp³-hybridized carbons (Fsp3) is 0.731. The van der Waals surface area contributed by atoms with Crippen LogP contribution in [0.4, 0.5) is 4.79 Å². The first-order chi connectivity index (χ1) is 17.9. The summed E-state index contributed by atoms with van der Waals surface area (Å²) in [6.45, 7) is 13.7. The van der Waals surface area contributed by atoms with Gasteiger partial charge in [0.2, 0.25) is 0 Å². The molecule has 12 heteroatoms. The first-order valence-corrected chi connectivity index (χ1v) is 14.3. The van der Waals surface area contributed by atoms with Crippen molar-refractivity contribution in [1.29, 1.82) is 0 Å². The Morgan fingerprint density at radius 3 is 2.74 bits per heavy atom. The van der Waals surface area contributed by atoms with Crippen LogP contribution in [0.3, 0.4) is 0 Å². The second-order valence-corrected chi connectivity index (χ2v) is 12.2. The van der Waals surface area contributed by atoms with Crippen LogP contribution in [0.2, 0.25) is 0 Å². The second kappa shape index (κ2) is 11.6. The van der Waals surface area contributed by atoms with Crippen molar-refractivity contribution in [2.45, 2.75) is 82.3 Å². The summed E-state index contributed by atoms with van der Waals surface area (Å²) < 4.78 is 25.8. The number of morpholine rings is 1. The molecule has 0 aliphatic carbocycles. The number of carbonyl (C=O) groups excluding carboxylic acids is 1. The summed E-state index contributed by atoms with van der Waals surface area (Å²) in [6.07, 6.45) is 2.06. The van der Waals surface area contributed by atoms with Crippen molar-refractivity contribution in [3.63, 3.8) is 0 Å². The van der Waals surface area contributed by atoms with Crippen LogP contribution in [0.1, 0.15) is 53.3 Å². The third kappa shape index (κ3) is 6.97. The third-order valence-electron chi connectivity index (χ3n) is 6.72. The predicted molar refractivity (Wildman–Crippen MR) is 143 cm³/mol. The average molecular weight is 552 g/mol. The van der Waals surface area contributed by atoms with Gasteiger partial charge in [0.05, 0.1) is 42.7 Å². The van der Waals surface area contributed by atoms with Crippen molar-refractivity contribution in [3.8, 4) is 0 Å². The minimum atomic E-state index is -1.33. The van der Waals surface area contributed by atoms with Gasteiger partial charge in [-0.1, -0.05) is 6.92 Å². The van der Waals surface area contributed by atoms with E-state index >= 15 is 0 Å². The molecule has 2 aromatic rings. The van der Waals surface area contributed by atoms with Gasteiger partial charge in [0.15, 0.2) is 5.79 Å². The van der Waals surface area contributed by atoms with E-state index in [2.05, 4.69) is 27.2 Å². The number of rotatable bonds is 8. The van der Waals surface area contributed by atoms with E-state index in [0.717, 1.165) is 16.2 Å². The summed E-state index contributed by atoms with van der Waals surface area (Å²) in [4.78, 5) is 18.9. The van der Waals surface area contributed by atoms with Gasteiger partial charge in [-0.2, -0.15) is 5.10 Å². The standard InChI is InChI=1S/C26H41N5O6S/c1-16-20(13-30-10-11-34-14-17(30)12-27-24(32)37-25(2,3)4)35-22(21(16)36-26(5,6)33)18-8-9-19-23(38-7)28-15-29-31(18)19/h8-9,15-17,20-22,33H,10-14H2,1-7H3,(H,27,32)/t16-,17-,20-,21-,22+/m1/s1. The van der Waals surface area contributed by atoms with E-state index < -0.39 is 29.7 Å². The van der Waals surface area contributed by atoms with Crippen LogP contribution in [0.15, 0.2) is 23.5 Å². The van der Waals surface area contributed by atoms with Gasteiger partial charge in [-0.25, -0.2) is 14.3 Å². The fourth-order valence-electron chi connectivity index (χ4n) is 4.99. The minimum Gasteiger partial charge on any atom is -0.444 e. The Morgan fingerprint density at radius 2 is 2.05 bits per heavy atom. The number of hydrogen-bond donors (Lipinski definition) is 2. The molecule has 2 N–H and O–H groups in total. The van der Waals surface area contributed by atoms with Crippen LogP contribution >= 0.6 is 11.8 Å². The number of nitrogens with one attached hydrogen (secondary N) is 1. The van der Waals surface area contributed by atoms with Gasteiger partial charge in [-0.05, 0) is 53.0 Å².